The zero-order valence-electron chi connectivity index (χ0n) is 9.80. The van der Waals surface area contributed by atoms with E-state index in [9.17, 15) is 0 Å². The topological polar surface area (TPSA) is 15.8 Å². The van der Waals surface area contributed by atoms with Crippen molar-refractivity contribution < 1.29 is 0 Å². The van der Waals surface area contributed by atoms with Gasteiger partial charge in [0.1, 0.15) is 0 Å². The standard InChI is InChI=1S/C15H11Cl2N/c1-9-2-3-11-8-15(18-14(11)6-9)10-4-5-12(16)13(17)7-10/h2-8,18H,1H3. The third-order valence-electron chi connectivity index (χ3n) is 3.01. The molecule has 0 spiro atoms. The van der Waals surface area contributed by atoms with Crippen LogP contribution in [0.25, 0.3) is 22.2 Å². The van der Waals surface area contributed by atoms with Gasteiger partial charge in [-0.3, -0.25) is 0 Å². The fourth-order valence-electron chi connectivity index (χ4n) is 2.06. The molecule has 0 amide bonds. The van der Waals surface area contributed by atoms with E-state index in [4.69, 9.17) is 23.2 Å². The molecule has 2 aromatic carbocycles. The number of hydrogen-bond acceptors (Lipinski definition) is 0. The fourth-order valence-corrected chi connectivity index (χ4v) is 2.36. The summed E-state index contributed by atoms with van der Waals surface area (Å²) in [4.78, 5) is 3.40. The number of H-pyrrole nitrogens is 1. The Labute approximate surface area is 115 Å². The second-order valence-electron chi connectivity index (χ2n) is 4.40. The Hall–Kier alpha value is -1.44. The van der Waals surface area contributed by atoms with Crippen LogP contribution in [0.3, 0.4) is 0 Å². The summed E-state index contributed by atoms with van der Waals surface area (Å²) in [7, 11) is 0. The van der Waals surface area contributed by atoms with Crippen LogP contribution in [0.4, 0.5) is 0 Å². The molecule has 18 heavy (non-hydrogen) atoms. The average molecular weight is 276 g/mol. The summed E-state index contributed by atoms with van der Waals surface area (Å²) in [6.45, 7) is 2.08. The van der Waals surface area contributed by atoms with E-state index in [1.165, 1.54) is 10.9 Å². The maximum atomic E-state index is 6.04. The van der Waals surface area contributed by atoms with Gasteiger partial charge in [-0.2, -0.15) is 0 Å². The molecule has 0 unspecified atom stereocenters. The maximum Gasteiger partial charge on any atom is 0.0599 e. The Balaban J connectivity index is 2.16. The number of aromatic amines is 1. The molecular formula is C15H11Cl2N. The summed E-state index contributed by atoms with van der Waals surface area (Å²) >= 11 is 12.0. The van der Waals surface area contributed by atoms with Gasteiger partial charge in [0.25, 0.3) is 0 Å². The number of rotatable bonds is 1. The predicted octanol–water partition coefficient (Wildman–Crippen LogP) is 5.45. The van der Waals surface area contributed by atoms with Crippen LogP contribution in [0.5, 0.6) is 0 Å². The smallest absolute Gasteiger partial charge is 0.0599 e. The van der Waals surface area contributed by atoms with E-state index in [-0.39, 0.29) is 0 Å². The highest BCUT2D eigenvalue weighted by Crippen LogP contribution is 2.30. The van der Waals surface area contributed by atoms with Crippen molar-refractivity contribution in [1.82, 2.24) is 4.98 Å². The minimum Gasteiger partial charge on any atom is -0.355 e. The van der Waals surface area contributed by atoms with Gasteiger partial charge in [0.05, 0.1) is 10.0 Å². The summed E-state index contributed by atoms with van der Waals surface area (Å²) < 4.78 is 0. The van der Waals surface area contributed by atoms with Gasteiger partial charge < -0.3 is 4.98 Å². The summed E-state index contributed by atoms with van der Waals surface area (Å²) in [5.41, 5.74) is 4.47. The van der Waals surface area contributed by atoms with E-state index in [0.29, 0.717) is 10.0 Å². The highest BCUT2D eigenvalue weighted by Gasteiger charge is 2.05. The molecule has 0 radical (unpaired) electrons. The normalized spacial score (nSPS) is 11.1. The lowest BCUT2D eigenvalue weighted by Crippen LogP contribution is -1.78. The van der Waals surface area contributed by atoms with E-state index in [2.05, 4.69) is 36.2 Å². The molecule has 0 aliphatic heterocycles. The summed E-state index contributed by atoms with van der Waals surface area (Å²) in [6.07, 6.45) is 0. The van der Waals surface area contributed by atoms with Gasteiger partial charge >= 0.3 is 0 Å². The molecule has 3 aromatic rings. The Morgan fingerprint density at radius 3 is 2.50 bits per heavy atom. The van der Waals surface area contributed by atoms with E-state index >= 15 is 0 Å². The monoisotopic (exact) mass is 275 g/mol. The molecule has 90 valence electrons. The molecule has 3 heteroatoms. The van der Waals surface area contributed by atoms with E-state index < -0.39 is 0 Å². The first-order chi connectivity index (χ1) is 8.63. The number of aryl methyl sites for hydroxylation is 1. The van der Waals surface area contributed by atoms with Crippen LogP contribution in [0.1, 0.15) is 5.56 Å². The second kappa shape index (κ2) is 4.34. The maximum absolute atomic E-state index is 6.04. The number of fused-ring (bicyclic) bond motifs is 1. The van der Waals surface area contributed by atoms with Gasteiger partial charge in [-0.1, -0.05) is 41.4 Å². The number of aromatic nitrogens is 1. The van der Waals surface area contributed by atoms with Crippen molar-refractivity contribution in [2.45, 2.75) is 6.92 Å². The number of hydrogen-bond donors (Lipinski definition) is 1. The highest BCUT2D eigenvalue weighted by atomic mass is 35.5. The summed E-state index contributed by atoms with van der Waals surface area (Å²) in [6, 6.07) is 14.1. The van der Waals surface area contributed by atoms with Crippen molar-refractivity contribution in [2.75, 3.05) is 0 Å². The predicted molar refractivity (Wildman–Crippen MR) is 78.5 cm³/mol. The third-order valence-corrected chi connectivity index (χ3v) is 3.75. The van der Waals surface area contributed by atoms with Crippen molar-refractivity contribution in [1.29, 1.82) is 0 Å². The van der Waals surface area contributed by atoms with Crippen LogP contribution in [0.2, 0.25) is 10.0 Å². The van der Waals surface area contributed by atoms with Crippen LogP contribution in [-0.4, -0.2) is 4.98 Å². The van der Waals surface area contributed by atoms with Gasteiger partial charge in [0, 0.05) is 16.6 Å². The first-order valence-electron chi connectivity index (χ1n) is 5.68. The van der Waals surface area contributed by atoms with Gasteiger partial charge in [-0.25, -0.2) is 0 Å². The molecule has 0 bridgehead atoms. The van der Waals surface area contributed by atoms with E-state index in [0.717, 1.165) is 16.8 Å². The zero-order valence-corrected chi connectivity index (χ0v) is 11.3. The highest BCUT2D eigenvalue weighted by molar-refractivity contribution is 6.42. The number of halogens is 2. The molecule has 0 saturated heterocycles. The average Bonchev–Trinajstić information content (AvgIpc) is 2.75. The van der Waals surface area contributed by atoms with Gasteiger partial charge in [-0.15, -0.1) is 0 Å². The Kier molecular flexibility index (Phi) is 2.81. The summed E-state index contributed by atoms with van der Waals surface area (Å²) in [5, 5.41) is 2.35. The largest absolute Gasteiger partial charge is 0.355 e. The van der Waals surface area contributed by atoms with Crippen molar-refractivity contribution in [3.63, 3.8) is 0 Å². The molecular weight excluding hydrogens is 265 g/mol. The molecule has 1 heterocycles. The fraction of sp³-hybridized carbons (Fsp3) is 0.0667. The Bertz CT molecular complexity index is 728. The van der Waals surface area contributed by atoms with Crippen molar-refractivity contribution in [3.8, 4) is 11.3 Å². The van der Waals surface area contributed by atoms with Crippen LogP contribution in [0.15, 0.2) is 42.5 Å². The van der Waals surface area contributed by atoms with Crippen LogP contribution >= 0.6 is 23.2 Å². The van der Waals surface area contributed by atoms with Crippen molar-refractivity contribution in [2.24, 2.45) is 0 Å². The quantitative estimate of drug-likeness (QED) is 0.608. The van der Waals surface area contributed by atoms with Gasteiger partial charge in [-0.05, 0) is 42.3 Å². The SMILES string of the molecule is Cc1ccc2cc(-c3ccc(Cl)c(Cl)c3)[nH]c2c1. The van der Waals surface area contributed by atoms with Crippen molar-refractivity contribution >= 4 is 34.1 Å². The second-order valence-corrected chi connectivity index (χ2v) is 5.22. The molecule has 3 rings (SSSR count). The number of nitrogens with one attached hydrogen (secondary N) is 1. The third kappa shape index (κ3) is 2.00. The van der Waals surface area contributed by atoms with Gasteiger partial charge in [0.15, 0.2) is 0 Å². The zero-order chi connectivity index (χ0) is 12.7. The van der Waals surface area contributed by atoms with Crippen LogP contribution in [-0.2, 0) is 0 Å². The van der Waals surface area contributed by atoms with Crippen LogP contribution < -0.4 is 0 Å². The molecule has 1 N–H and O–H groups in total. The minimum atomic E-state index is 0.573. The lowest BCUT2D eigenvalue weighted by molar-refractivity contribution is 1.43. The van der Waals surface area contributed by atoms with E-state index in [1.807, 2.05) is 18.2 Å². The Morgan fingerprint density at radius 2 is 1.72 bits per heavy atom. The molecule has 1 nitrogen and oxygen atoms in total. The Morgan fingerprint density at radius 1 is 0.889 bits per heavy atom. The first kappa shape index (κ1) is 11.6. The molecule has 1 aromatic heterocycles. The molecule has 0 fully saturated rings. The van der Waals surface area contributed by atoms with Crippen LogP contribution in [0, 0.1) is 6.92 Å². The molecule has 0 aliphatic rings. The van der Waals surface area contributed by atoms with E-state index in [1.54, 1.807) is 0 Å². The van der Waals surface area contributed by atoms with Gasteiger partial charge in [0.2, 0.25) is 0 Å². The number of benzene rings is 2. The first-order valence-corrected chi connectivity index (χ1v) is 6.44. The van der Waals surface area contributed by atoms with Crippen molar-refractivity contribution in [3.05, 3.63) is 58.1 Å². The lowest BCUT2D eigenvalue weighted by atomic mass is 10.1. The summed E-state index contributed by atoms with van der Waals surface area (Å²) in [5.74, 6) is 0. The minimum absolute atomic E-state index is 0.573. The molecule has 0 saturated carbocycles. The molecule has 0 atom stereocenters. The molecule has 0 aliphatic carbocycles. The lowest BCUT2D eigenvalue weighted by Gasteiger charge is -2.00.